The van der Waals surface area contributed by atoms with Gasteiger partial charge in [0.05, 0.1) is 11.9 Å². The summed E-state index contributed by atoms with van der Waals surface area (Å²) >= 11 is 1.67. The maximum Gasteiger partial charge on any atom is 0.264 e. The summed E-state index contributed by atoms with van der Waals surface area (Å²) in [5.41, 5.74) is 3.25. The molecule has 0 bridgehead atoms. The number of rotatable bonds is 6. The van der Waals surface area contributed by atoms with Crippen LogP contribution < -0.4 is 5.56 Å². The zero-order valence-electron chi connectivity index (χ0n) is 17.6. The number of hydrogen-bond donors (Lipinski definition) is 0. The summed E-state index contributed by atoms with van der Waals surface area (Å²) in [6.45, 7) is 2.24. The number of thioether (sulfide) groups is 1. The first-order valence-corrected chi connectivity index (χ1v) is 11.4. The summed E-state index contributed by atoms with van der Waals surface area (Å²) in [4.78, 5) is 23.1. The average Bonchev–Trinajstić information content (AvgIpc) is 3.49. The van der Waals surface area contributed by atoms with Crippen LogP contribution >= 0.6 is 11.8 Å². The second-order valence-corrected chi connectivity index (χ2v) is 8.11. The van der Waals surface area contributed by atoms with Crippen LogP contribution in [0.5, 0.6) is 0 Å². The van der Waals surface area contributed by atoms with E-state index in [0.717, 1.165) is 22.6 Å². The molecule has 0 N–H and O–H groups in total. The zero-order valence-corrected chi connectivity index (χ0v) is 18.4. The van der Waals surface area contributed by atoms with E-state index in [4.69, 9.17) is 4.52 Å². The van der Waals surface area contributed by atoms with Crippen molar-refractivity contribution in [2.45, 2.75) is 24.8 Å². The zero-order chi connectivity index (χ0) is 22.1. The Balaban J connectivity index is 1.42. The van der Waals surface area contributed by atoms with Crippen molar-refractivity contribution < 1.29 is 4.52 Å². The quantitative estimate of drug-likeness (QED) is 0.366. The van der Waals surface area contributed by atoms with Gasteiger partial charge in [-0.15, -0.1) is 11.8 Å². The molecule has 0 radical (unpaired) electrons. The maximum atomic E-state index is 13.0. The molecule has 0 saturated carbocycles. The smallest absolute Gasteiger partial charge is 0.264 e. The molecule has 0 atom stereocenters. The van der Waals surface area contributed by atoms with Crippen LogP contribution in [0, 0.1) is 0 Å². The topological polar surface area (TPSA) is 91.6 Å². The molecule has 2 aromatic carbocycles. The number of aromatic nitrogens is 6. The molecule has 3 aromatic heterocycles. The highest BCUT2D eigenvalue weighted by molar-refractivity contribution is 7.98. The molecule has 0 saturated heterocycles. The van der Waals surface area contributed by atoms with Crippen molar-refractivity contribution >= 4 is 22.8 Å². The number of aryl methyl sites for hydroxylation is 1. The average molecular weight is 445 g/mol. The van der Waals surface area contributed by atoms with Crippen LogP contribution in [0.3, 0.4) is 0 Å². The number of fused-ring (bicyclic) bond motifs is 1. The fourth-order valence-corrected chi connectivity index (χ4v) is 3.85. The molecule has 5 rings (SSSR count). The molecule has 5 aromatic rings. The van der Waals surface area contributed by atoms with Gasteiger partial charge in [0.25, 0.3) is 5.56 Å². The van der Waals surface area contributed by atoms with Crippen LogP contribution in [0.25, 0.3) is 28.1 Å². The Morgan fingerprint density at radius 3 is 2.56 bits per heavy atom. The predicted octanol–water partition coefficient (Wildman–Crippen LogP) is 3.96. The van der Waals surface area contributed by atoms with Gasteiger partial charge < -0.3 is 4.52 Å². The summed E-state index contributed by atoms with van der Waals surface area (Å²) in [7, 11) is 0. The lowest BCUT2D eigenvalue weighted by molar-refractivity contribution is 0.369. The third-order valence-corrected chi connectivity index (χ3v) is 6.01. The van der Waals surface area contributed by atoms with Gasteiger partial charge >= 0.3 is 0 Å². The van der Waals surface area contributed by atoms with E-state index in [-0.39, 0.29) is 12.1 Å². The van der Waals surface area contributed by atoms with Gasteiger partial charge in [-0.3, -0.25) is 9.36 Å². The van der Waals surface area contributed by atoms with Gasteiger partial charge in [0, 0.05) is 10.5 Å². The van der Waals surface area contributed by atoms with Gasteiger partial charge in [-0.05, 0) is 54.6 Å². The first-order chi connectivity index (χ1) is 15.7. The molecular formula is C23H20N6O2S. The van der Waals surface area contributed by atoms with Gasteiger partial charge in [-0.2, -0.15) is 10.1 Å². The van der Waals surface area contributed by atoms with Gasteiger partial charge in [0.2, 0.25) is 11.7 Å². The molecule has 0 unspecified atom stereocenters. The van der Waals surface area contributed by atoms with Crippen LogP contribution in [0.15, 0.2) is 75.3 Å². The molecule has 0 aliphatic rings. The SMILES string of the molecule is CCc1ccc(-n2ncc3c(=O)n(Cc4nc(-c5ccc(SC)cc5)no4)cnc32)cc1. The van der Waals surface area contributed by atoms with E-state index in [9.17, 15) is 4.79 Å². The standard InChI is InChI=1S/C23H20N6O2S/c1-3-15-4-8-17(9-5-15)29-22-19(12-25-29)23(30)28(14-24-22)13-20-26-21(27-31-20)16-6-10-18(32-2)11-7-16/h4-12,14H,3,13H2,1-2H3. The molecule has 8 nitrogen and oxygen atoms in total. The van der Waals surface area contributed by atoms with Crippen LogP contribution in [0.1, 0.15) is 18.4 Å². The molecule has 0 aliphatic heterocycles. The van der Waals surface area contributed by atoms with E-state index in [2.05, 4.69) is 27.1 Å². The molecule has 32 heavy (non-hydrogen) atoms. The van der Waals surface area contributed by atoms with Crippen molar-refractivity contribution in [3.05, 3.63) is 82.9 Å². The summed E-state index contributed by atoms with van der Waals surface area (Å²) in [6.07, 6.45) is 6.02. The summed E-state index contributed by atoms with van der Waals surface area (Å²) in [5, 5.41) is 8.85. The predicted molar refractivity (Wildman–Crippen MR) is 123 cm³/mol. The first-order valence-electron chi connectivity index (χ1n) is 10.2. The summed E-state index contributed by atoms with van der Waals surface area (Å²) in [5.74, 6) is 0.817. The normalized spacial score (nSPS) is 11.3. The largest absolute Gasteiger partial charge is 0.337 e. The molecule has 0 amide bonds. The highest BCUT2D eigenvalue weighted by atomic mass is 32.2. The van der Waals surface area contributed by atoms with Crippen molar-refractivity contribution in [3.63, 3.8) is 0 Å². The van der Waals surface area contributed by atoms with Crippen molar-refractivity contribution in [2.24, 2.45) is 0 Å². The second-order valence-electron chi connectivity index (χ2n) is 7.23. The van der Waals surface area contributed by atoms with E-state index in [1.807, 2.05) is 54.8 Å². The summed E-state index contributed by atoms with van der Waals surface area (Å²) in [6, 6.07) is 16.0. The Hall–Kier alpha value is -3.72. The minimum atomic E-state index is -0.212. The van der Waals surface area contributed by atoms with Crippen LogP contribution in [0.4, 0.5) is 0 Å². The Bertz CT molecular complexity index is 1430. The van der Waals surface area contributed by atoms with E-state index >= 15 is 0 Å². The fourth-order valence-electron chi connectivity index (χ4n) is 3.45. The van der Waals surface area contributed by atoms with Crippen molar-refractivity contribution in [1.82, 2.24) is 29.5 Å². The van der Waals surface area contributed by atoms with E-state index in [1.54, 1.807) is 22.6 Å². The van der Waals surface area contributed by atoms with Crippen LogP contribution in [-0.2, 0) is 13.0 Å². The molecule has 160 valence electrons. The van der Waals surface area contributed by atoms with Crippen molar-refractivity contribution in [1.29, 1.82) is 0 Å². The molecule has 0 spiro atoms. The van der Waals surface area contributed by atoms with Gasteiger partial charge in [0.1, 0.15) is 18.3 Å². The van der Waals surface area contributed by atoms with Crippen molar-refractivity contribution in [2.75, 3.05) is 6.26 Å². The number of hydrogen-bond acceptors (Lipinski definition) is 7. The number of nitrogens with zero attached hydrogens (tertiary/aromatic N) is 6. The lowest BCUT2D eigenvalue weighted by atomic mass is 10.1. The van der Waals surface area contributed by atoms with E-state index in [1.165, 1.54) is 16.5 Å². The lowest BCUT2D eigenvalue weighted by Gasteiger charge is -2.05. The molecule has 3 heterocycles. The lowest BCUT2D eigenvalue weighted by Crippen LogP contribution is -2.21. The Morgan fingerprint density at radius 2 is 1.84 bits per heavy atom. The van der Waals surface area contributed by atoms with E-state index < -0.39 is 0 Å². The summed E-state index contributed by atoms with van der Waals surface area (Å²) < 4.78 is 8.49. The van der Waals surface area contributed by atoms with Gasteiger partial charge in [-0.25, -0.2) is 9.67 Å². The highest BCUT2D eigenvalue weighted by Gasteiger charge is 2.14. The van der Waals surface area contributed by atoms with Gasteiger partial charge in [0.15, 0.2) is 5.65 Å². The maximum absolute atomic E-state index is 13.0. The fraction of sp³-hybridized carbons (Fsp3) is 0.174. The second kappa shape index (κ2) is 8.43. The highest BCUT2D eigenvalue weighted by Crippen LogP contribution is 2.21. The Labute approximate surface area is 187 Å². The molecule has 0 fully saturated rings. The minimum absolute atomic E-state index is 0.133. The Morgan fingerprint density at radius 1 is 1.06 bits per heavy atom. The van der Waals surface area contributed by atoms with Crippen LogP contribution in [-0.4, -0.2) is 35.7 Å². The first kappa shape index (κ1) is 20.2. The van der Waals surface area contributed by atoms with E-state index in [0.29, 0.717) is 22.7 Å². The molecular weight excluding hydrogens is 424 g/mol. The Kier molecular flexibility index (Phi) is 5.32. The van der Waals surface area contributed by atoms with Crippen LogP contribution in [0.2, 0.25) is 0 Å². The van der Waals surface area contributed by atoms with Gasteiger partial charge in [-0.1, -0.05) is 24.2 Å². The van der Waals surface area contributed by atoms with Crippen molar-refractivity contribution in [3.8, 4) is 17.1 Å². The third kappa shape index (κ3) is 3.71. The third-order valence-electron chi connectivity index (χ3n) is 5.27. The molecule has 9 heteroatoms. The minimum Gasteiger partial charge on any atom is -0.337 e. The number of benzene rings is 2. The molecule has 0 aliphatic carbocycles. The monoisotopic (exact) mass is 444 g/mol.